The van der Waals surface area contributed by atoms with E-state index in [2.05, 4.69) is 0 Å². The first-order chi connectivity index (χ1) is 5.68. The molecule has 2 saturated carbocycles. The number of carboxylic acid groups (broad SMARTS) is 1. The van der Waals surface area contributed by atoms with Gasteiger partial charge in [-0.3, -0.25) is 9.59 Å². The second kappa shape index (κ2) is 2.57. The van der Waals surface area contributed by atoms with Gasteiger partial charge < -0.3 is 5.11 Å². The Hall–Kier alpha value is -0.860. The van der Waals surface area contributed by atoms with Gasteiger partial charge in [-0.2, -0.15) is 0 Å². The van der Waals surface area contributed by atoms with Crippen LogP contribution < -0.4 is 0 Å². The first-order valence-electron chi connectivity index (χ1n) is 4.44. The van der Waals surface area contributed by atoms with Crippen molar-refractivity contribution in [3.05, 3.63) is 0 Å². The van der Waals surface area contributed by atoms with E-state index >= 15 is 0 Å². The molecule has 0 aromatic carbocycles. The summed E-state index contributed by atoms with van der Waals surface area (Å²) in [5.74, 6) is -0.617. The van der Waals surface area contributed by atoms with Gasteiger partial charge in [0.1, 0.15) is 5.78 Å². The van der Waals surface area contributed by atoms with Crippen LogP contribution in [0.1, 0.15) is 25.7 Å². The van der Waals surface area contributed by atoms with E-state index < -0.39 is 5.97 Å². The average Bonchev–Trinajstić information content (AvgIpc) is 2.37. The molecule has 3 unspecified atom stereocenters. The Morgan fingerprint density at radius 3 is 2.83 bits per heavy atom. The summed E-state index contributed by atoms with van der Waals surface area (Å²) in [4.78, 5) is 22.0. The minimum Gasteiger partial charge on any atom is -0.481 e. The first kappa shape index (κ1) is 7.77. The fourth-order valence-corrected chi connectivity index (χ4v) is 2.54. The molecule has 66 valence electrons. The van der Waals surface area contributed by atoms with Gasteiger partial charge in [0.15, 0.2) is 0 Å². The van der Waals surface area contributed by atoms with Crippen LogP contribution in [0.4, 0.5) is 0 Å². The maximum absolute atomic E-state index is 11.3. The second-order valence-corrected chi connectivity index (χ2v) is 3.89. The molecule has 0 aromatic rings. The fraction of sp³-hybridized carbons (Fsp3) is 0.778. The zero-order chi connectivity index (χ0) is 8.72. The highest BCUT2D eigenvalue weighted by Gasteiger charge is 2.45. The number of ketones is 1. The molecule has 0 aromatic heterocycles. The van der Waals surface area contributed by atoms with Crippen molar-refractivity contribution < 1.29 is 14.7 Å². The van der Waals surface area contributed by atoms with Gasteiger partial charge in [-0.05, 0) is 25.2 Å². The maximum atomic E-state index is 11.3. The third-order valence-corrected chi connectivity index (χ3v) is 3.19. The van der Waals surface area contributed by atoms with Gasteiger partial charge in [-0.1, -0.05) is 0 Å². The normalized spacial score (nSPS) is 40.0. The van der Waals surface area contributed by atoms with E-state index in [0.717, 1.165) is 19.3 Å². The Kier molecular flexibility index (Phi) is 1.67. The van der Waals surface area contributed by atoms with Crippen LogP contribution in [0.3, 0.4) is 0 Å². The van der Waals surface area contributed by atoms with Crippen LogP contribution in [0.15, 0.2) is 0 Å². The number of rotatable bonds is 1. The SMILES string of the molecule is O=C(O)C1CC2CCC(=O)C1C2. The third kappa shape index (κ3) is 1.04. The van der Waals surface area contributed by atoms with Gasteiger partial charge >= 0.3 is 5.97 Å². The lowest BCUT2D eigenvalue weighted by Crippen LogP contribution is -2.25. The summed E-state index contributed by atoms with van der Waals surface area (Å²) in [5, 5.41) is 8.83. The van der Waals surface area contributed by atoms with Crippen molar-refractivity contribution in [2.45, 2.75) is 25.7 Å². The average molecular weight is 168 g/mol. The molecule has 2 rings (SSSR count). The van der Waals surface area contributed by atoms with Gasteiger partial charge in [-0.25, -0.2) is 0 Å². The summed E-state index contributed by atoms with van der Waals surface area (Å²) in [6.45, 7) is 0. The summed E-state index contributed by atoms with van der Waals surface area (Å²) in [6.07, 6.45) is 3.08. The van der Waals surface area contributed by atoms with Crippen molar-refractivity contribution in [2.75, 3.05) is 0 Å². The van der Waals surface area contributed by atoms with Gasteiger partial charge in [0.25, 0.3) is 0 Å². The van der Waals surface area contributed by atoms with E-state index in [1.54, 1.807) is 0 Å². The van der Waals surface area contributed by atoms with E-state index in [9.17, 15) is 9.59 Å². The Morgan fingerprint density at radius 1 is 1.42 bits per heavy atom. The molecule has 0 amide bonds. The Balaban J connectivity index is 2.19. The van der Waals surface area contributed by atoms with Crippen LogP contribution in [0, 0.1) is 17.8 Å². The monoisotopic (exact) mass is 168 g/mol. The summed E-state index contributed by atoms with van der Waals surface area (Å²) in [7, 11) is 0. The number of carbonyl (C=O) groups excluding carboxylic acids is 1. The summed E-state index contributed by atoms with van der Waals surface area (Å²) in [6, 6.07) is 0. The molecule has 3 nitrogen and oxygen atoms in total. The zero-order valence-corrected chi connectivity index (χ0v) is 6.82. The van der Waals surface area contributed by atoms with Crippen LogP contribution in [0.5, 0.6) is 0 Å². The summed E-state index contributed by atoms with van der Waals surface area (Å²) in [5.41, 5.74) is 0. The van der Waals surface area contributed by atoms with Crippen molar-refractivity contribution in [1.82, 2.24) is 0 Å². The number of carboxylic acids is 1. The lowest BCUT2D eigenvalue weighted by atomic mass is 9.86. The molecule has 0 heterocycles. The minimum atomic E-state index is -0.780. The second-order valence-electron chi connectivity index (χ2n) is 3.89. The number of aliphatic carboxylic acids is 1. The molecule has 0 radical (unpaired) electrons. The molecule has 2 aliphatic rings. The molecule has 2 bridgehead atoms. The van der Waals surface area contributed by atoms with Crippen LogP contribution in [-0.2, 0) is 9.59 Å². The van der Waals surface area contributed by atoms with E-state index in [4.69, 9.17) is 5.11 Å². The van der Waals surface area contributed by atoms with Gasteiger partial charge in [0.05, 0.1) is 5.92 Å². The number of Topliss-reactive ketones (excluding diaryl/α,β-unsaturated/α-hetero) is 1. The maximum Gasteiger partial charge on any atom is 0.307 e. The van der Waals surface area contributed by atoms with Crippen LogP contribution in [-0.4, -0.2) is 16.9 Å². The molecular weight excluding hydrogens is 156 g/mol. The standard InChI is InChI=1S/C9H12O3/c10-8-2-1-5-3-6(8)7(4-5)9(11)12/h5-7H,1-4H2,(H,11,12). The fourth-order valence-electron chi connectivity index (χ4n) is 2.54. The zero-order valence-electron chi connectivity index (χ0n) is 6.82. The predicted octanol–water partition coefficient (Wildman–Crippen LogP) is 1.08. The molecular formula is C9H12O3. The summed E-state index contributed by atoms with van der Waals surface area (Å²) < 4.78 is 0. The molecule has 2 fully saturated rings. The molecule has 0 spiro atoms. The quantitative estimate of drug-likeness (QED) is 0.637. The molecule has 2 aliphatic carbocycles. The van der Waals surface area contributed by atoms with Gasteiger partial charge in [0, 0.05) is 12.3 Å². The van der Waals surface area contributed by atoms with Crippen LogP contribution in [0.25, 0.3) is 0 Å². The van der Waals surface area contributed by atoms with Crippen molar-refractivity contribution >= 4 is 11.8 Å². The molecule has 3 atom stereocenters. The number of hydrogen-bond donors (Lipinski definition) is 1. The van der Waals surface area contributed by atoms with E-state index in [1.165, 1.54) is 0 Å². The molecule has 1 N–H and O–H groups in total. The van der Waals surface area contributed by atoms with Crippen LogP contribution >= 0.6 is 0 Å². The van der Waals surface area contributed by atoms with E-state index in [1.807, 2.05) is 0 Å². The smallest absolute Gasteiger partial charge is 0.307 e. The first-order valence-corrected chi connectivity index (χ1v) is 4.44. The van der Waals surface area contributed by atoms with Gasteiger partial charge in [0.2, 0.25) is 0 Å². The number of carbonyl (C=O) groups is 2. The number of fused-ring (bicyclic) bond motifs is 2. The third-order valence-electron chi connectivity index (χ3n) is 3.19. The topological polar surface area (TPSA) is 54.4 Å². The Labute approximate surface area is 70.8 Å². The predicted molar refractivity (Wildman–Crippen MR) is 41.6 cm³/mol. The molecule has 0 saturated heterocycles. The highest BCUT2D eigenvalue weighted by Crippen LogP contribution is 2.44. The van der Waals surface area contributed by atoms with Crippen molar-refractivity contribution in [2.24, 2.45) is 17.8 Å². The van der Waals surface area contributed by atoms with Crippen molar-refractivity contribution in [1.29, 1.82) is 0 Å². The summed E-state index contributed by atoms with van der Waals surface area (Å²) >= 11 is 0. The molecule has 12 heavy (non-hydrogen) atoms. The Bertz CT molecular complexity index is 234. The highest BCUT2D eigenvalue weighted by molar-refractivity contribution is 5.87. The van der Waals surface area contributed by atoms with Crippen LogP contribution in [0.2, 0.25) is 0 Å². The minimum absolute atomic E-state index is 0.152. The van der Waals surface area contributed by atoms with Crippen molar-refractivity contribution in [3.63, 3.8) is 0 Å². The lowest BCUT2D eigenvalue weighted by Gasteiger charge is -2.17. The van der Waals surface area contributed by atoms with Gasteiger partial charge in [-0.15, -0.1) is 0 Å². The van der Waals surface area contributed by atoms with E-state index in [0.29, 0.717) is 12.3 Å². The highest BCUT2D eigenvalue weighted by atomic mass is 16.4. The lowest BCUT2D eigenvalue weighted by molar-refractivity contribution is -0.145. The molecule has 0 aliphatic heterocycles. The molecule has 3 heteroatoms. The van der Waals surface area contributed by atoms with E-state index in [-0.39, 0.29) is 17.6 Å². The largest absolute Gasteiger partial charge is 0.481 e. The van der Waals surface area contributed by atoms with Crippen molar-refractivity contribution in [3.8, 4) is 0 Å². The number of hydrogen-bond acceptors (Lipinski definition) is 2. The Morgan fingerprint density at radius 2 is 2.17 bits per heavy atom.